The molecule has 0 bridgehead atoms. The summed E-state index contributed by atoms with van der Waals surface area (Å²) in [5, 5.41) is 4.26. The van der Waals surface area contributed by atoms with Gasteiger partial charge in [0, 0.05) is 52.2 Å². The smallest absolute Gasteiger partial charge is 0.257 e. The molecule has 1 aliphatic heterocycles. The molecule has 1 saturated heterocycles. The molecule has 0 saturated carbocycles. The van der Waals surface area contributed by atoms with Crippen LogP contribution in [0.1, 0.15) is 28.0 Å². The van der Waals surface area contributed by atoms with Crippen molar-refractivity contribution in [2.24, 2.45) is 7.05 Å². The second-order valence-corrected chi connectivity index (χ2v) is 9.16. The predicted octanol–water partition coefficient (Wildman–Crippen LogP) is 1.48. The molecule has 0 unspecified atom stereocenters. The van der Waals surface area contributed by atoms with E-state index in [4.69, 9.17) is 0 Å². The van der Waals surface area contributed by atoms with Gasteiger partial charge in [0.25, 0.3) is 5.91 Å². The molecule has 0 N–H and O–H groups in total. The van der Waals surface area contributed by atoms with Crippen LogP contribution in [0.25, 0.3) is 0 Å². The topological polar surface area (TPSA) is 75.5 Å². The Morgan fingerprint density at radius 2 is 1.81 bits per heavy atom. The van der Waals surface area contributed by atoms with E-state index in [1.54, 1.807) is 23.0 Å². The maximum Gasteiger partial charge on any atom is 0.257 e. The maximum atomic E-state index is 12.8. The molecular weight excluding hydrogens is 364 g/mol. The van der Waals surface area contributed by atoms with Gasteiger partial charge in [0.2, 0.25) is 0 Å². The number of carbonyl (C=O) groups is 1. The van der Waals surface area contributed by atoms with Gasteiger partial charge in [-0.2, -0.15) is 5.10 Å². The Morgan fingerprint density at radius 1 is 1.11 bits per heavy atom. The average Bonchev–Trinajstić information content (AvgIpc) is 2.80. The first-order valence-corrected chi connectivity index (χ1v) is 10.9. The van der Waals surface area contributed by atoms with Crippen LogP contribution in [-0.4, -0.2) is 66.3 Å². The summed E-state index contributed by atoms with van der Waals surface area (Å²) in [5.74, 6) is 0.0416. The van der Waals surface area contributed by atoms with Gasteiger partial charge in [-0.1, -0.05) is 12.1 Å². The molecule has 8 heteroatoms. The Labute approximate surface area is 160 Å². The lowest BCUT2D eigenvalue weighted by Crippen LogP contribution is -2.35. The lowest BCUT2D eigenvalue weighted by Gasteiger charge is -2.22. The lowest BCUT2D eigenvalue weighted by atomic mass is 10.2. The number of aromatic nitrogens is 2. The minimum Gasteiger partial charge on any atom is -0.337 e. The van der Waals surface area contributed by atoms with Crippen molar-refractivity contribution in [1.82, 2.24) is 19.6 Å². The Morgan fingerprint density at radius 3 is 2.41 bits per heavy atom. The fraction of sp³-hybridized carbons (Fsp3) is 0.474. The van der Waals surface area contributed by atoms with E-state index in [-0.39, 0.29) is 5.91 Å². The van der Waals surface area contributed by atoms with E-state index in [2.05, 4.69) is 10.00 Å². The van der Waals surface area contributed by atoms with Gasteiger partial charge in [0.15, 0.2) is 9.84 Å². The van der Waals surface area contributed by atoms with Gasteiger partial charge in [-0.25, -0.2) is 8.42 Å². The van der Waals surface area contributed by atoms with Crippen LogP contribution in [0.15, 0.2) is 35.4 Å². The third kappa shape index (κ3) is 4.75. The SMILES string of the molecule is Cc1nn(C)cc1C(=O)N1CCCN(Cc2ccc(S(C)(=O)=O)cc2)CC1. The number of rotatable bonds is 4. The molecule has 27 heavy (non-hydrogen) atoms. The largest absolute Gasteiger partial charge is 0.337 e. The van der Waals surface area contributed by atoms with E-state index in [0.717, 1.165) is 43.9 Å². The van der Waals surface area contributed by atoms with Crippen LogP contribution in [0.2, 0.25) is 0 Å². The van der Waals surface area contributed by atoms with Gasteiger partial charge in [-0.05, 0) is 31.0 Å². The van der Waals surface area contributed by atoms with Crippen LogP contribution in [0.3, 0.4) is 0 Å². The van der Waals surface area contributed by atoms with E-state index < -0.39 is 9.84 Å². The molecule has 1 aromatic heterocycles. The summed E-state index contributed by atoms with van der Waals surface area (Å²) in [7, 11) is -1.35. The average molecular weight is 391 g/mol. The predicted molar refractivity (Wildman–Crippen MR) is 103 cm³/mol. The summed E-state index contributed by atoms with van der Waals surface area (Å²) in [6.07, 6.45) is 3.91. The molecule has 2 heterocycles. The van der Waals surface area contributed by atoms with Crippen LogP contribution in [-0.2, 0) is 23.4 Å². The third-order valence-electron chi connectivity index (χ3n) is 4.88. The van der Waals surface area contributed by atoms with Gasteiger partial charge >= 0.3 is 0 Å². The molecule has 1 aliphatic rings. The first kappa shape index (κ1) is 19.6. The molecule has 3 rings (SSSR count). The van der Waals surface area contributed by atoms with Crippen LogP contribution in [0.4, 0.5) is 0 Å². The van der Waals surface area contributed by atoms with Crippen LogP contribution in [0.5, 0.6) is 0 Å². The highest BCUT2D eigenvalue weighted by atomic mass is 32.2. The molecule has 7 nitrogen and oxygen atoms in total. The molecule has 146 valence electrons. The molecule has 1 aromatic carbocycles. The van der Waals surface area contributed by atoms with Crippen LogP contribution < -0.4 is 0 Å². The van der Waals surface area contributed by atoms with Crippen molar-refractivity contribution in [2.45, 2.75) is 24.8 Å². The van der Waals surface area contributed by atoms with Crippen molar-refractivity contribution in [3.05, 3.63) is 47.3 Å². The summed E-state index contributed by atoms with van der Waals surface area (Å²) >= 11 is 0. The molecule has 0 spiro atoms. The summed E-state index contributed by atoms with van der Waals surface area (Å²) < 4.78 is 24.8. The minimum absolute atomic E-state index is 0.0416. The number of carbonyl (C=O) groups excluding carboxylic acids is 1. The summed E-state index contributed by atoms with van der Waals surface area (Å²) in [4.78, 5) is 17.3. The molecule has 1 fully saturated rings. The summed E-state index contributed by atoms with van der Waals surface area (Å²) in [5.41, 5.74) is 2.50. The van der Waals surface area contributed by atoms with E-state index in [0.29, 0.717) is 17.0 Å². The zero-order valence-electron chi connectivity index (χ0n) is 16.1. The number of hydrogen-bond acceptors (Lipinski definition) is 5. The van der Waals surface area contributed by atoms with Gasteiger partial charge in [0.05, 0.1) is 16.2 Å². The number of benzene rings is 1. The fourth-order valence-electron chi connectivity index (χ4n) is 3.41. The first-order valence-electron chi connectivity index (χ1n) is 9.05. The van der Waals surface area contributed by atoms with Crippen molar-refractivity contribution in [1.29, 1.82) is 0 Å². The highest BCUT2D eigenvalue weighted by molar-refractivity contribution is 7.90. The quantitative estimate of drug-likeness (QED) is 0.790. The molecule has 0 aliphatic carbocycles. The van der Waals surface area contributed by atoms with E-state index in [9.17, 15) is 13.2 Å². The number of aryl methyl sites for hydroxylation is 2. The summed E-state index contributed by atoms with van der Waals surface area (Å²) in [6, 6.07) is 7.04. The summed E-state index contributed by atoms with van der Waals surface area (Å²) in [6.45, 7) is 5.71. The Bertz CT molecular complexity index is 919. The van der Waals surface area contributed by atoms with Crippen LogP contribution >= 0.6 is 0 Å². The second kappa shape index (κ2) is 7.82. The monoisotopic (exact) mass is 390 g/mol. The van der Waals surface area contributed by atoms with Crippen molar-refractivity contribution in [2.75, 3.05) is 32.4 Å². The number of amides is 1. The van der Waals surface area contributed by atoms with Crippen LogP contribution in [0, 0.1) is 6.92 Å². The highest BCUT2D eigenvalue weighted by Gasteiger charge is 2.23. The first-order chi connectivity index (χ1) is 12.7. The van der Waals surface area contributed by atoms with E-state index in [1.807, 2.05) is 31.0 Å². The molecule has 0 radical (unpaired) electrons. The van der Waals surface area contributed by atoms with E-state index >= 15 is 0 Å². The zero-order chi connectivity index (χ0) is 19.6. The minimum atomic E-state index is -3.17. The van der Waals surface area contributed by atoms with Crippen molar-refractivity contribution in [3.63, 3.8) is 0 Å². The van der Waals surface area contributed by atoms with Crippen molar-refractivity contribution < 1.29 is 13.2 Å². The fourth-order valence-corrected chi connectivity index (χ4v) is 4.04. The van der Waals surface area contributed by atoms with Gasteiger partial charge in [-0.3, -0.25) is 14.4 Å². The van der Waals surface area contributed by atoms with Crippen molar-refractivity contribution >= 4 is 15.7 Å². The Hall–Kier alpha value is -2.19. The Balaban J connectivity index is 1.61. The van der Waals surface area contributed by atoms with Gasteiger partial charge in [-0.15, -0.1) is 0 Å². The maximum absolute atomic E-state index is 12.8. The second-order valence-electron chi connectivity index (χ2n) is 7.14. The van der Waals surface area contributed by atoms with Gasteiger partial charge in [0.1, 0.15) is 0 Å². The third-order valence-corrected chi connectivity index (χ3v) is 6.01. The normalized spacial score (nSPS) is 16.3. The number of hydrogen-bond donors (Lipinski definition) is 0. The highest BCUT2D eigenvalue weighted by Crippen LogP contribution is 2.15. The standard InChI is InChI=1S/C19H26N4O3S/c1-15-18(14-21(2)20-15)19(24)23-10-4-9-22(11-12-23)13-16-5-7-17(8-6-16)27(3,25)26/h5-8,14H,4,9-13H2,1-3H3. The Kier molecular flexibility index (Phi) is 5.67. The number of sulfone groups is 1. The molecule has 1 amide bonds. The van der Waals surface area contributed by atoms with E-state index in [1.165, 1.54) is 6.26 Å². The lowest BCUT2D eigenvalue weighted by molar-refractivity contribution is 0.0760. The molecule has 2 aromatic rings. The number of nitrogens with zero attached hydrogens (tertiary/aromatic N) is 4. The molecular formula is C19H26N4O3S. The van der Waals surface area contributed by atoms with Gasteiger partial charge < -0.3 is 4.90 Å². The van der Waals surface area contributed by atoms with Crippen molar-refractivity contribution in [3.8, 4) is 0 Å². The zero-order valence-corrected chi connectivity index (χ0v) is 16.9. The molecule has 0 atom stereocenters.